The number of piperazine rings is 1. The summed E-state index contributed by atoms with van der Waals surface area (Å²) in [6, 6.07) is 12.7. The quantitative estimate of drug-likeness (QED) is 0.855. The van der Waals surface area contributed by atoms with Gasteiger partial charge in [-0.3, -0.25) is 0 Å². The first-order valence-electron chi connectivity index (χ1n) is 8.50. The van der Waals surface area contributed by atoms with Crippen molar-refractivity contribution >= 4 is 34.7 Å². The van der Waals surface area contributed by atoms with Crippen molar-refractivity contribution in [2.75, 3.05) is 55.9 Å². The van der Waals surface area contributed by atoms with Crippen LogP contribution in [0.1, 0.15) is 0 Å². The van der Waals surface area contributed by atoms with Gasteiger partial charge in [-0.25, -0.2) is 4.79 Å². The van der Waals surface area contributed by atoms with E-state index in [-0.39, 0.29) is 6.03 Å². The summed E-state index contributed by atoms with van der Waals surface area (Å²) in [5, 5.41) is 6.03. The number of hydrogen-bond donors (Lipinski definition) is 2. The molecule has 1 aliphatic rings. The van der Waals surface area contributed by atoms with Crippen molar-refractivity contribution in [2.24, 2.45) is 0 Å². The van der Waals surface area contributed by atoms with Crippen LogP contribution >= 0.6 is 11.6 Å². The van der Waals surface area contributed by atoms with Crippen LogP contribution < -0.4 is 20.3 Å². The molecule has 0 aliphatic carbocycles. The maximum atomic E-state index is 12.2. The molecule has 1 aliphatic heterocycles. The summed E-state index contributed by atoms with van der Waals surface area (Å²) in [6.07, 6.45) is 0. The molecule has 26 heavy (non-hydrogen) atoms. The zero-order valence-corrected chi connectivity index (χ0v) is 15.7. The number of carbonyl (C=O) groups is 1. The van der Waals surface area contributed by atoms with E-state index in [9.17, 15) is 4.79 Å². The highest BCUT2D eigenvalue weighted by molar-refractivity contribution is 6.32. The number of methoxy groups -OCH3 is 1. The van der Waals surface area contributed by atoms with Crippen molar-refractivity contribution in [1.82, 2.24) is 4.90 Å². The molecule has 1 saturated heterocycles. The van der Waals surface area contributed by atoms with Crippen molar-refractivity contribution in [3.63, 3.8) is 0 Å². The van der Waals surface area contributed by atoms with Crippen LogP contribution in [0.2, 0.25) is 5.02 Å². The second-order valence-corrected chi connectivity index (χ2v) is 6.67. The van der Waals surface area contributed by atoms with Gasteiger partial charge in [-0.15, -0.1) is 0 Å². The van der Waals surface area contributed by atoms with Crippen molar-refractivity contribution in [3.8, 4) is 5.75 Å². The molecular formula is C19H23ClN4O2. The Bertz CT molecular complexity index is 759. The smallest absolute Gasteiger partial charge is 0.323 e. The minimum Gasteiger partial charge on any atom is -0.495 e. The first-order valence-corrected chi connectivity index (χ1v) is 8.88. The summed E-state index contributed by atoms with van der Waals surface area (Å²) in [4.78, 5) is 16.8. The third-order valence-electron chi connectivity index (χ3n) is 4.40. The van der Waals surface area contributed by atoms with Gasteiger partial charge < -0.3 is 25.2 Å². The topological polar surface area (TPSA) is 56.8 Å². The highest BCUT2D eigenvalue weighted by Crippen LogP contribution is 2.27. The second-order valence-electron chi connectivity index (χ2n) is 6.27. The Labute approximate surface area is 158 Å². The van der Waals surface area contributed by atoms with E-state index in [0.29, 0.717) is 16.5 Å². The van der Waals surface area contributed by atoms with Gasteiger partial charge in [-0.05, 0) is 49.5 Å². The molecule has 0 atom stereocenters. The molecule has 1 heterocycles. The number of hydrogen-bond acceptors (Lipinski definition) is 4. The van der Waals surface area contributed by atoms with Gasteiger partial charge in [0.25, 0.3) is 0 Å². The molecular weight excluding hydrogens is 352 g/mol. The summed E-state index contributed by atoms with van der Waals surface area (Å²) in [5.74, 6) is 0.567. The Hall–Kier alpha value is -2.44. The molecule has 1 fully saturated rings. The monoisotopic (exact) mass is 374 g/mol. The number of nitrogens with zero attached hydrogens (tertiary/aromatic N) is 2. The third-order valence-corrected chi connectivity index (χ3v) is 4.70. The van der Waals surface area contributed by atoms with Gasteiger partial charge >= 0.3 is 6.03 Å². The van der Waals surface area contributed by atoms with E-state index in [4.69, 9.17) is 16.3 Å². The van der Waals surface area contributed by atoms with Gasteiger partial charge in [-0.2, -0.15) is 0 Å². The normalized spacial score (nSPS) is 14.8. The van der Waals surface area contributed by atoms with Crippen LogP contribution in [0, 0.1) is 0 Å². The number of urea groups is 1. The molecule has 2 N–H and O–H groups in total. The van der Waals surface area contributed by atoms with Crippen LogP contribution in [0.25, 0.3) is 0 Å². The molecule has 0 bridgehead atoms. The van der Waals surface area contributed by atoms with Crippen LogP contribution in [0.4, 0.5) is 21.9 Å². The standard InChI is InChI=1S/C19H23ClN4O2/c1-23-9-11-24(12-10-23)16-6-3-14(4-7-16)21-19(25)22-15-5-8-18(26-2)17(20)13-15/h3-8,13H,9-12H2,1-2H3,(H2,21,22,25). The lowest BCUT2D eigenvalue weighted by Gasteiger charge is -2.34. The molecule has 2 amide bonds. The van der Waals surface area contributed by atoms with Crippen molar-refractivity contribution < 1.29 is 9.53 Å². The van der Waals surface area contributed by atoms with Gasteiger partial charge in [-0.1, -0.05) is 11.6 Å². The zero-order valence-electron chi connectivity index (χ0n) is 15.0. The lowest BCUT2D eigenvalue weighted by molar-refractivity contribution is 0.262. The van der Waals surface area contributed by atoms with Crippen LogP contribution in [0.15, 0.2) is 42.5 Å². The second kappa shape index (κ2) is 8.29. The van der Waals surface area contributed by atoms with E-state index in [1.807, 2.05) is 24.3 Å². The van der Waals surface area contributed by atoms with Gasteiger partial charge in [0, 0.05) is 43.2 Å². The lowest BCUT2D eigenvalue weighted by Crippen LogP contribution is -2.44. The molecule has 6 nitrogen and oxygen atoms in total. The third kappa shape index (κ3) is 4.59. The number of benzene rings is 2. The fraction of sp³-hybridized carbons (Fsp3) is 0.316. The number of rotatable bonds is 4. The molecule has 3 rings (SSSR count). The summed E-state index contributed by atoms with van der Waals surface area (Å²) in [6.45, 7) is 4.16. The molecule has 2 aromatic carbocycles. The average molecular weight is 375 g/mol. The average Bonchev–Trinajstić information content (AvgIpc) is 2.63. The maximum absolute atomic E-state index is 12.2. The number of likely N-dealkylation sites (N-methyl/N-ethyl adjacent to an activating group) is 1. The van der Waals surface area contributed by atoms with Gasteiger partial charge in [0.05, 0.1) is 12.1 Å². The molecule has 0 radical (unpaired) electrons. The number of ether oxygens (including phenoxy) is 1. The summed E-state index contributed by atoms with van der Waals surface area (Å²) in [7, 11) is 3.69. The number of carbonyl (C=O) groups excluding carboxylic acids is 1. The van der Waals surface area contributed by atoms with Crippen molar-refractivity contribution in [1.29, 1.82) is 0 Å². The van der Waals surface area contributed by atoms with Crippen LogP contribution in [0.3, 0.4) is 0 Å². The van der Waals surface area contributed by atoms with E-state index in [1.165, 1.54) is 5.69 Å². The van der Waals surface area contributed by atoms with E-state index >= 15 is 0 Å². The number of amides is 2. The van der Waals surface area contributed by atoms with Crippen LogP contribution in [0.5, 0.6) is 5.75 Å². The first-order chi connectivity index (χ1) is 12.5. The predicted molar refractivity (Wildman–Crippen MR) is 107 cm³/mol. The number of anilines is 3. The SMILES string of the molecule is COc1ccc(NC(=O)Nc2ccc(N3CCN(C)CC3)cc2)cc1Cl. The fourth-order valence-electron chi connectivity index (χ4n) is 2.86. The molecule has 0 unspecified atom stereocenters. The highest BCUT2D eigenvalue weighted by atomic mass is 35.5. The van der Waals surface area contributed by atoms with Crippen molar-refractivity contribution in [3.05, 3.63) is 47.5 Å². The molecule has 0 spiro atoms. The predicted octanol–water partition coefficient (Wildman–Crippen LogP) is 3.74. The molecule has 2 aromatic rings. The molecule has 138 valence electrons. The van der Waals surface area contributed by atoms with E-state index < -0.39 is 0 Å². The summed E-state index contributed by atoms with van der Waals surface area (Å²) < 4.78 is 5.10. The Kier molecular flexibility index (Phi) is 5.85. The summed E-state index contributed by atoms with van der Waals surface area (Å²) >= 11 is 6.07. The van der Waals surface area contributed by atoms with Gasteiger partial charge in [0.15, 0.2) is 0 Å². The minimum atomic E-state index is -0.321. The maximum Gasteiger partial charge on any atom is 0.323 e. The Morgan fingerprint density at radius 2 is 1.62 bits per heavy atom. The Balaban J connectivity index is 1.56. The van der Waals surface area contributed by atoms with Crippen molar-refractivity contribution in [2.45, 2.75) is 0 Å². The van der Waals surface area contributed by atoms with Crippen LogP contribution in [-0.4, -0.2) is 51.3 Å². The van der Waals surface area contributed by atoms with E-state index in [2.05, 4.69) is 27.5 Å². The highest BCUT2D eigenvalue weighted by Gasteiger charge is 2.14. The first kappa shape index (κ1) is 18.4. The molecule has 0 aromatic heterocycles. The number of halogens is 1. The molecule has 7 heteroatoms. The number of nitrogens with one attached hydrogen (secondary N) is 2. The Morgan fingerprint density at radius 1 is 1.00 bits per heavy atom. The zero-order chi connectivity index (χ0) is 18.5. The van der Waals surface area contributed by atoms with Gasteiger partial charge in [0.1, 0.15) is 5.75 Å². The lowest BCUT2D eigenvalue weighted by atomic mass is 10.2. The largest absolute Gasteiger partial charge is 0.495 e. The van der Waals surface area contributed by atoms with E-state index in [0.717, 1.165) is 31.9 Å². The fourth-order valence-corrected chi connectivity index (χ4v) is 3.12. The van der Waals surface area contributed by atoms with Crippen LogP contribution in [-0.2, 0) is 0 Å². The molecule has 0 saturated carbocycles. The van der Waals surface area contributed by atoms with Gasteiger partial charge in [0.2, 0.25) is 0 Å². The minimum absolute atomic E-state index is 0.321. The Morgan fingerprint density at radius 3 is 2.23 bits per heavy atom. The summed E-state index contributed by atoms with van der Waals surface area (Å²) in [5.41, 5.74) is 2.51. The van der Waals surface area contributed by atoms with E-state index in [1.54, 1.807) is 25.3 Å².